The van der Waals surface area contributed by atoms with Crippen LogP contribution >= 0.6 is 23.2 Å². The van der Waals surface area contributed by atoms with Crippen molar-refractivity contribution < 1.29 is 17.6 Å². The minimum atomic E-state index is -3.75. The summed E-state index contributed by atoms with van der Waals surface area (Å²) in [4.78, 5) is 12.7. The first-order chi connectivity index (χ1) is 12.1. The standard InChI is InChI=1S/C17H17Cl2FN2O3S/c1-3-16(17(23)21-12-6-9-15(20)14(19)10-12)22(26(2,24)25)13-7-4-11(18)5-8-13/h4-10,16H,3H2,1-2H3,(H,21,23)/t16-/m1/s1. The van der Waals surface area contributed by atoms with E-state index in [0.29, 0.717) is 10.7 Å². The zero-order valence-corrected chi connectivity index (χ0v) is 16.4. The average molecular weight is 419 g/mol. The Hall–Kier alpha value is -1.83. The molecule has 2 aromatic carbocycles. The lowest BCUT2D eigenvalue weighted by molar-refractivity contribution is -0.117. The molecule has 26 heavy (non-hydrogen) atoms. The van der Waals surface area contributed by atoms with Crippen LogP contribution in [0.15, 0.2) is 42.5 Å². The van der Waals surface area contributed by atoms with Crippen LogP contribution in [0, 0.1) is 5.82 Å². The van der Waals surface area contributed by atoms with Gasteiger partial charge in [-0.1, -0.05) is 30.1 Å². The summed E-state index contributed by atoms with van der Waals surface area (Å²) in [5, 5.41) is 2.87. The predicted octanol–water partition coefficient (Wildman–Crippen LogP) is 4.32. The molecule has 0 heterocycles. The fourth-order valence-electron chi connectivity index (χ4n) is 2.45. The van der Waals surface area contributed by atoms with E-state index in [2.05, 4.69) is 5.32 Å². The molecule has 0 spiro atoms. The van der Waals surface area contributed by atoms with Crippen molar-refractivity contribution in [3.05, 3.63) is 58.3 Å². The van der Waals surface area contributed by atoms with Crippen LogP contribution in [0.25, 0.3) is 0 Å². The third-order valence-corrected chi connectivity index (χ3v) is 5.32. The molecular weight excluding hydrogens is 402 g/mol. The van der Waals surface area contributed by atoms with Crippen molar-refractivity contribution in [2.24, 2.45) is 0 Å². The summed E-state index contributed by atoms with van der Waals surface area (Å²) in [5.41, 5.74) is 0.584. The molecule has 1 amide bonds. The van der Waals surface area contributed by atoms with Crippen LogP contribution in [0.1, 0.15) is 13.3 Å². The van der Waals surface area contributed by atoms with E-state index in [1.54, 1.807) is 19.1 Å². The molecule has 0 fully saturated rings. The number of nitrogens with one attached hydrogen (secondary N) is 1. The number of halogens is 3. The van der Waals surface area contributed by atoms with Crippen LogP contribution in [0.2, 0.25) is 10.0 Å². The van der Waals surface area contributed by atoms with E-state index >= 15 is 0 Å². The summed E-state index contributed by atoms with van der Waals surface area (Å²) >= 11 is 11.6. The van der Waals surface area contributed by atoms with E-state index in [-0.39, 0.29) is 17.1 Å². The summed E-state index contributed by atoms with van der Waals surface area (Å²) in [6, 6.07) is 8.84. The van der Waals surface area contributed by atoms with Crippen molar-refractivity contribution >= 4 is 50.5 Å². The summed E-state index contributed by atoms with van der Waals surface area (Å²) in [6.07, 6.45) is 1.24. The maximum atomic E-state index is 13.3. The van der Waals surface area contributed by atoms with Gasteiger partial charge in [0, 0.05) is 10.7 Å². The molecule has 1 atom stereocenters. The van der Waals surface area contributed by atoms with Crippen molar-refractivity contribution in [3.63, 3.8) is 0 Å². The maximum Gasteiger partial charge on any atom is 0.248 e. The molecule has 0 aliphatic heterocycles. The minimum Gasteiger partial charge on any atom is -0.324 e. The lowest BCUT2D eigenvalue weighted by Gasteiger charge is -2.30. The predicted molar refractivity (Wildman–Crippen MR) is 103 cm³/mol. The fraction of sp³-hybridized carbons (Fsp3) is 0.235. The van der Waals surface area contributed by atoms with Crippen LogP contribution in [-0.4, -0.2) is 26.6 Å². The lowest BCUT2D eigenvalue weighted by Crippen LogP contribution is -2.47. The summed E-state index contributed by atoms with van der Waals surface area (Å²) in [6.45, 7) is 1.69. The van der Waals surface area contributed by atoms with Gasteiger partial charge in [-0.15, -0.1) is 0 Å². The monoisotopic (exact) mass is 418 g/mol. The van der Waals surface area contributed by atoms with Gasteiger partial charge in [-0.2, -0.15) is 0 Å². The SMILES string of the molecule is CC[C@H](C(=O)Nc1ccc(F)c(Cl)c1)N(c1ccc(Cl)cc1)S(C)(=O)=O. The first-order valence-corrected chi connectivity index (χ1v) is 10.2. The second kappa shape index (κ2) is 8.24. The molecule has 2 rings (SSSR count). The summed E-state index contributed by atoms with van der Waals surface area (Å²) in [5.74, 6) is -1.17. The van der Waals surface area contributed by atoms with Crippen molar-refractivity contribution in [1.29, 1.82) is 0 Å². The van der Waals surface area contributed by atoms with Crippen molar-refractivity contribution in [2.75, 3.05) is 15.9 Å². The zero-order chi connectivity index (χ0) is 19.5. The van der Waals surface area contributed by atoms with Gasteiger partial charge in [0.25, 0.3) is 0 Å². The third kappa shape index (κ3) is 4.87. The molecule has 9 heteroatoms. The Morgan fingerprint density at radius 3 is 2.31 bits per heavy atom. The number of carbonyl (C=O) groups excluding carboxylic acids is 1. The number of carbonyl (C=O) groups is 1. The highest BCUT2D eigenvalue weighted by Gasteiger charge is 2.31. The Kier molecular flexibility index (Phi) is 6.49. The third-order valence-electron chi connectivity index (χ3n) is 3.60. The average Bonchev–Trinajstić information content (AvgIpc) is 2.56. The molecule has 1 N–H and O–H groups in total. The smallest absolute Gasteiger partial charge is 0.248 e. The number of amides is 1. The lowest BCUT2D eigenvalue weighted by atomic mass is 10.2. The topological polar surface area (TPSA) is 66.5 Å². The van der Waals surface area contributed by atoms with E-state index in [1.807, 2.05) is 0 Å². The van der Waals surface area contributed by atoms with Gasteiger partial charge < -0.3 is 5.32 Å². The first-order valence-electron chi connectivity index (χ1n) is 7.64. The molecule has 0 unspecified atom stereocenters. The maximum absolute atomic E-state index is 13.3. The molecule has 140 valence electrons. The van der Waals surface area contributed by atoms with Gasteiger partial charge in [-0.3, -0.25) is 9.10 Å². The van der Waals surface area contributed by atoms with Gasteiger partial charge in [-0.25, -0.2) is 12.8 Å². The van der Waals surface area contributed by atoms with E-state index in [9.17, 15) is 17.6 Å². The molecule has 0 aliphatic rings. The van der Waals surface area contributed by atoms with Crippen LogP contribution in [0.4, 0.5) is 15.8 Å². The van der Waals surface area contributed by atoms with E-state index in [0.717, 1.165) is 16.6 Å². The quantitative estimate of drug-likeness (QED) is 0.759. The largest absolute Gasteiger partial charge is 0.324 e. The number of anilines is 2. The number of hydrogen-bond acceptors (Lipinski definition) is 3. The number of benzene rings is 2. The summed E-state index contributed by atoms with van der Waals surface area (Å²) in [7, 11) is -3.75. The van der Waals surface area contributed by atoms with E-state index in [4.69, 9.17) is 23.2 Å². The van der Waals surface area contributed by atoms with Gasteiger partial charge in [-0.05, 0) is 48.9 Å². The number of nitrogens with zero attached hydrogens (tertiary/aromatic N) is 1. The normalized spacial score (nSPS) is 12.5. The van der Waals surface area contributed by atoms with E-state index < -0.39 is 27.8 Å². The van der Waals surface area contributed by atoms with Gasteiger partial charge in [0.05, 0.1) is 17.0 Å². The second-order valence-electron chi connectivity index (χ2n) is 5.58. The van der Waals surface area contributed by atoms with E-state index in [1.165, 1.54) is 24.3 Å². The van der Waals surface area contributed by atoms with Crippen molar-refractivity contribution in [1.82, 2.24) is 0 Å². The molecule has 2 aromatic rings. The molecular formula is C17H17Cl2FN2O3S. The van der Waals surface area contributed by atoms with Gasteiger partial charge in [0.1, 0.15) is 11.9 Å². The Balaban J connectivity index is 2.36. The molecule has 5 nitrogen and oxygen atoms in total. The second-order valence-corrected chi connectivity index (χ2v) is 8.28. The Labute approximate surface area is 161 Å². The first kappa shape index (κ1) is 20.5. The highest BCUT2D eigenvalue weighted by atomic mass is 35.5. The highest BCUT2D eigenvalue weighted by molar-refractivity contribution is 7.92. The Morgan fingerprint density at radius 2 is 1.81 bits per heavy atom. The van der Waals surface area contributed by atoms with Crippen LogP contribution in [0.5, 0.6) is 0 Å². The van der Waals surface area contributed by atoms with Gasteiger partial charge in [0.15, 0.2) is 0 Å². The van der Waals surface area contributed by atoms with Crippen LogP contribution in [-0.2, 0) is 14.8 Å². The summed E-state index contributed by atoms with van der Waals surface area (Å²) < 4.78 is 38.9. The molecule has 0 saturated heterocycles. The molecule has 0 aromatic heterocycles. The molecule has 0 saturated carbocycles. The number of sulfonamides is 1. The van der Waals surface area contributed by atoms with Gasteiger partial charge >= 0.3 is 0 Å². The van der Waals surface area contributed by atoms with Gasteiger partial charge in [0.2, 0.25) is 15.9 Å². The molecule has 0 aliphatic carbocycles. The Bertz CT molecular complexity index is 905. The van der Waals surface area contributed by atoms with Crippen LogP contribution < -0.4 is 9.62 Å². The highest BCUT2D eigenvalue weighted by Crippen LogP contribution is 2.26. The fourth-order valence-corrected chi connectivity index (χ4v) is 3.97. The molecule has 0 bridgehead atoms. The van der Waals surface area contributed by atoms with Crippen LogP contribution in [0.3, 0.4) is 0 Å². The minimum absolute atomic E-state index is 0.145. The van der Waals surface area contributed by atoms with Crippen molar-refractivity contribution in [3.8, 4) is 0 Å². The number of hydrogen-bond donors (Lipinski definition) is 1. The Morgan fingerprint density at radius 1 is 1.19 bits per heavy atom. The van der Waals surface area contributed by atoms with Crippen molar-refractivity contribution in [2.45, 2.75) is 19.4 Å². The molecule has 0 radical (unpaired) electrons. The zero-order valence-electron chi connectivity index (χ0n) is 14.0. The number of rotatable bonds is 6.